The molecule has 29 heavy (non-hydrogen) atoms. The van der Waals surface area contributed by atoms with E-state index in [2.05, 4.69) is 5.32 Å². The number of alkyl halides is 3. The fourth-order valence-corrected chi connectivity index (χ4v) is 3.04. The molecular formula is C18H15F3N2O5S. The SMILES string of the molecule is CC(Sc1ccc([N+](=O)[O-])cc1)C(=O)OCC(=O)Nc1ccccc1C(F)(F)F. The third-order valence-corrected chi connectivity index (χ3v) is 4.63. The quantitative estimate of drug-likeness (QED) is 0.306. The molecule has 0 aliphatic rings. The number of rotatable bonds is 7. The highest BCUT2D eigenvalue weighted by molar-refractivity contribution is 8.00. The lowest BCUT2D eigenvalue weighted by molar-refractivity contribution is -0.384. The molecule has 0 saturated heterocycles. The van der Waals surface area contributed by atoms with Gasteiger partial charge >= 0.3 is 12.1 Å². The Labute approximate surface area is 167 Å². The second-order valence-electron chi connectivity index (χ2n) is 5.71. The molecule has 0 aromatic heterocycles. The number of para-hydroxylation sites is 1. The molecular weight excluding hydrogens is 413 g/mol. The summed E-state index contributed by atoms with van der Waals surface area (Å²) in [7, 11) is 0. The van der Waals surface area contributed by atoms with Crippen molar-refractivity contribution >= 4 is 35.0 Å². The minimum Gasteiger partial charge on any atom is -0.455 e. The summed E-state index contributed by atoms with van der Waals surface area (Å²) >= 11 is 1.06. The predicted octanol–water partition coefficient (Wildman–Crippen LogP) is 4.28. The summed E-state index contributed by atoms with van der Waals surface area (Å²) in [6.45, 7) is 0.751. The van der Waals surface area contributed by atoms with Crippen LogP contribution in [0.2, 0.25) is 0 Å². The Morgan fingerprint density at radius 3 is 2.38 bits per heavy atom. The number of amides is 1. The van der Waals surface area contributed by atoms with E-state index in [4.69, 9.17) is 4.74 Å². The summed E-state index contributed by atoms with van der Waals surface area (Å²) in [6.07, 6.45) is -4.64. The molecule has 0 fully saturated rings. The zero-order valence-corrected chi connectivity index (χ0v) is 15.8. The maximum absolute atomic E-state index is 12.9. The van der Waals surface area contributed by atoms with E-state index in [0.717, 1.165) is 23.9 Å². The van der Waals surface area contributed by atoms with Crippen LogP contribution in [0.3, 0.4) is 0 Å². The van der Waals surface area contributed by atoms with Crippen molar-refractivity contribution in [2.75, 3.05) is 11.9 Å². The number of esters is 1. The van der Waals surface area contributed by atoms with Gasteiger partial charge in [0, 0.05) is 17.0 Å². The Morgan fingerprint density at radius 1 is 1.17 bits per heavy atom. The summed E-state index contributed by atoms with van der Waals surface area (Å²) in [5, 5.41) is 12.0. The summed E-state index contributed by atoms with van der Waals surface area (Å²) in [6, 6.07) is 9.94. The van der Waals surface area contributed by atoms with Gasteiger partial charge in [0.1, 0.15) is 5.25 Å². The van der Waals surface area contributed by atoms with Crippen molar-refractivity contribution in [3.63, 3.8) is 0 Å². The third kappa shape index (κ3) is 6.49. The molecule has 0 bridgehead atoms. The summed E-state index contributed by atoms with van der Waals surface area (Å²) < 4.78 is 43.6. The van der Waals surface area contributed by atoms with Crippen LogP contribution in [0.5, 0.6) is 0 Å². The Bertz CT molecular complexity index is 903. The van der Waals surface area contributed by atoms with Crippen molar-refractivity contribution < 1.29 is 32.4 Å². The fraction of sp³-hybridized carbons (Fsp3) is 0.222. The number of carbonyl (C=O) groups is 2. The summed E-state index contributed by atoms with van der Waals surface area (Å²) in [5.41, 5.74) is -1.54. The van der Waals surface area contributed by atoms with E-state index in [0.29, 0.717) is 4.90 Å². The molecule has 2 aromatic carbocycles. The van der Waals surface area contributed by atoms with Crippen molar-refractivity contribution in [1.82, 2.24) is 0 Å². The molecule has 2 aromatic rings. The van der Waals surface area contributed by atoms with Crippen molar-refractivity contribution in [3.8, 4) is 0 Å². The average molecular weight is 428 g/mol. The first-order valence-corrected chi connectivity index (χ1v) is 8.99. The first kappa shape index (κ1) is 22.2. The number of carbonyl (C=O) groups excluding carboxylic acids is 2. The number of non-ortho nitro benzene ring substituents is 1. The van der Waals surface area contributed by atoms with Crippen LogP contribution in [-0.4, -0.2) is 28.7 Å². The highest BCUT2D eigenvalue weighted by Gasteiger charge is 2.33. The number of ether oxygens (including phenoxy) is 1. The molecule has 7 nitrogen and oxygen atoms in total. The number of benzene rings is 2. The molecule has 154 valence electrons. The number of halogens is 3. The number of nitro benzene ring substituents is 1. The van der Waals surface area contributed by atoms with Crippen LogP contribution in [-0.2, 0) is 20.5 Å². The summed E-state index contributed by atoms with van der Waals surface area (Å²) in [5.74, 6) is -1.67. The van der Waals surface area contributed by atoms with Crippen LogP contribution in [0.25, 0.3) is 0 Å². The van der Waals surface area contributed by atoms with Crippen LogP contribution >= 0.6 is 11.8 Å². The number of anilines is 1. The summed E-state index contributed by atoms with van der Waals surface area (Å²) in [4.78, 5) is 34.5. The standard InChI is InChI=1S/C18H15F3N2O5S/c1-11(29-13-8-6-12(7-9-13)23(26)27)17(25)28-10-16(24)22-15-5-3-2-4-14(15)18(19,20)21/h2-9,11H,10H2,1H3,(H,22,24). The van der Waals surface area contributed by atoms with Crippen molar-refractivity contribution in [1.29, 1.82) is 0 Å². The number of hydrogen-bond acceptors (Lipinski definition) is 6. The van der Waals surface area contributed by atoms with Gasteiger partial charge < -0.3 is 10.1 Å². The second-order valence-corrected chi connectivity index (χ2v) is 7.12. The van der Waals surface area contributed by atoms with E-state index in [-0.39, 0.29) is 5.69 Å². The third-order valence-electron chi connectivity index (χ3n) is 3.54. The van der Waals surface area contributed by atoms with Gasteiger partial charge in [-0.2, -0.15) is 13.2 Å². The van der Waals surface area contributed by atoms with Crippen molar-refractivity contribution in [2.24, 2.45) is 0 Å². The molecule has 0 aliphatic carbocycles. The maximum atomic E-state index is 12.9. The zero-order chi connectivity index (χ0) is 21.6. The molecule has 1 amide bonds. The first-order valence-electron chi connectivity index (χ1n) is 8.11. The van der Waals surface area contributed by atoms with Crippen molar-refractivity contribution in [2.45, 2.75) is 23.2 Å². The topological polar surface area (TPSA) is 98.5 Å². The molecule has 0 saturated carbocycles. The molecule has 1 atom stereocenters. The minimum absolute atomic E-state index is 0.0969. The highest BCUT2D eigenvalue weighted by atomic mass is 32.2. The van der Waals surface area contributed by atoms with E-state index in [1.54, 1.807) is 0 Å². The first-order chi connectivity index (χ1) is 13.6. The van der Waals surface area contributed by atoms with E-state index >= 15 is 0 Å². The van der Waals surface area contributed by atoms with Gasteiger partial charge in [-0.1, -0.05) is 12.1 Å². The normalized spacial score (nSPS) is 12.1. The van der Waals surface area contributed by atoms with Gasteiger partial charge in [0.25, 0.3) is 11.6 Å². The molecule has 1 unspecified atom stereocenters. The molecule has 2 rings (SSSR count). The van der Waals surface area contributed by atoms with Gasteiger partial charge in [0.2, 0.25) is 0 Å². The Hall–Kier alpha value is -3.08. The number of nitrogens with zero attached hydrogens (tertiary/aromatic N) is 1. The van der Waals surface area contributed by atoms with E-state index in [9.17, 15) is 32.9 Å². The van der Waals surface area contributed by atoms with Gasteiger partial charge in [-0.05, 0) is 31.2 Å². The van der Waals surface area contributed by atoms with Gasteiger partial charge in [-0.25, -0.2) is 0 Å². The van der Waals surface area contributed by atoms with Crippen molar-refractivity contribution in [3.05, 3.63) is 64.2 Å². The van der Waals surface area contributed by atoms with E-state index in [1.807, 2.05) is 0 Å². The average Bonchev–Trinajstić information content (AvgIpc) is 2.66. The van der Waals surface area contributed by atoms with E-state index in [1.165, 1.54) is 43.3 Å². The molecule has 0 radical (unpaired) electrons. The van der Waals surface area contributed by atoms with Crippen LogP contribution in [0.4, 0.5) is 24.5 Å². The monoisotopic (exact) mass is 428 g/mol. The van der Waals surface area contributed by atoms with Crippen LogP contribution in [0.1, 0.15) is 12.5 Å². The molecule has 0 aliphatic heterocycles. The molecule has 0 spiro atoms. The van der Waals surface area contributed by atoms with E-state index < -0.39 is 46.1 Å². The second kappa shape index (κ2) is 9.41. The lowest BCUT2D eigenvalue weighted by Gasteiger charge is -2.14. The van der Waals surface area contributed by atoms with Gasteiger partial charge in [0.05, 0.1) is 16.2 Å². The number of hydrogen-bond donors (Lipinski definition) is 1. The number of nitrogens with one attached hydrogen (secondary N) is 1. The van der Waals surface area contributed by atoms with Gasteiger partial charge in [0.15, 0.2) is 6.61 Å². The molecule has 0 heterocycles. The molecule has 1 N–H and O–H groups in total. The highest BCUT2D eigenvalue weighted by Crippen LogP contribution is 2.34. The zero-order valence-electron chi connectivity index (χ0n) is 14.9. The number of thioether (sulfide) groups is 1. The fourth-order valence-electron chi connectivity index (χ4n) is 2.18. The number of nitro groups is 1. The lowest BCUT2D eigenvalue weighted by Crippen LogP contribution is -2.25. The smallest absolute Gasteiger partial charge is 0.418 e. The van der Waals surface area contributed by atoms with Gasteiger partial charge in [-0.15, -0.1) is 11.8 Å². The Morgan fingerprint density at radius 2 is 1.79 bits per heavy atom. The molecule has 11 heteroatoms. The van der Waals surface area contributed by atoms with Crippen LogP contribution in [0, 0.1) is 10.1 Å². The maximum Gasteiger partial charge on any atom is 0.418 e. The Kier molecular flexibility index (Phi) is 7.21. The largest absolute Gasteiger partial charge is 0.455 e. The lowest BCUT2D eigenvalue weighted by atomic mass is 10.1. The van der Waals surface area contributed by atoms with Gasteiger partial charge in [-0.3, -0.25) is 19.7 Å². The predicted molar refractivity (Wildman–Crippen MR) is 99.4 cm³/mol. The van der Waals surface area contributed by atoms with Crippen LogP contribution < -0.4 is 5.32 Å². The Balaban J connectivity index is 1.88. The minimum atomic E-state index is -4.64. The van der Waals surface area contributed by atoms with Crippen LogP contribution in [0.15, 0.2) is 53.4 Å².